The van der Waals surface area contributed by atoms with Gasteiger partial charge >= 0.3 is 0 Å². The largest absolute Gasteiger partial charge is 0.463 e. The third-order valence-electron chi connectivity index (χ3n) is 2.24. The van der Waals surface area contributed by atoms with E-state index in [1.807, 2.05) is 0 Å². The molecule has 0 unspecified atom stereocenters. The summed E-state index contributed by atoms with van der Waals surface area (Å²) in [7, 11) is 0. The minimum Gasteiger partial charge on any atom is -0.463 e. The molecule has 8 heteroatoms. The Kier molecular flexibility index (Phi) is 4.40. The maximum absolute atomic E-state index is 10.5. The van der Waals surface area contributed by atoms with Crippen LogP contribution < -0.4 is 10.7 Å². The van der Waals surface area contributed by atoms with Crippen LogP contribution in [0, 0.1) is 10.1 Å². The van der Waals surface area contributed by atoms with Gasteiger partial charge in [-0.1, -0.05) is 0 Å². The van der Waals surface area contributed by atoms with E-state index in [4.69, 9.17) is 16.6 Å². The summed E-state index contributed by atoms with van der Waals surface area (Å²) in [5.41, 5.74) is 3.25. The molecule has 102 valence electrons. The first kappa shape index (κ1) is 13.7. The van der Waals surface area contributed by atoms with Crippen LogP contribution in [0.2, 0.25) is 0 Å². The average molecular weight is 290 g/mol. The fourth-order valence-electron chi connectivity index (χ4n) is 1.34. The second-order valence-corrected chi connectivity index (χ2v) is 4.05. The van der Waals surface area contributed by atoms with Crippen molar-refractivity contribution < 1.29 is 9.34 Å². The average Bonchev–Trinajstić information content (AvgIpc) is 2.92. The van der Waals surface area contributed by atoms with E-state index in [1.165, 1.54) is 24.6 Å². The summed E-state index contributed by atoms with van der Waals surface area (Å²) in [5, 5.41) is 17.5. The Hall–Kier alpha value is -2.74. The monoisotopic (exact) mass is 290 g/mol. The van der Waals surface area contributed by atoms with E-state index in [0.717, 1.165) is 0 Å². The number of nitro benzene ring substituents is 1. The molecule has 20 heavy (non-hydrogen) atoms. The second-order valence-electron chi connectivity index (χ2n) is 3.64. The number of furan rings is 1. The van der Waals surface area contributed by atoms with Gasteiger partial charge in [-0.2, -0.15) is 5.10 Å². The van der Waals surface area contributed by atoms with Crippen LogP contribution in [0.5, 0.6) is 0 Å². The third-order valence-corrected chi connectivity index (χ3v) is 2.43. The van der Waals surface area contributed by atoms with Crippen molar-refractivity contribution in [2.45, 2.75) is 0 Å². The summed E-state index contributed by atoms with van der Waals surface area (Å²) in [4.78, 5) is 10.0. The number of hydrazone groups is 1. The van der Waals surface area contributed by atoms with Gasteiger partial charge in [0.2, 0.25) is 0 Å². The van der Waals surface area contributed by atoms with Crippen molar-refractivity contribution in [2.75, 3.05) is 5.32 Å². The summed E-state index contributed by atoms with van der Waals surface area (Å²) < 4.78 is 5.05. The summed E-state index contributed by atoms with van der Waals surface area (Å²) in [6.45, 7) is 0. The van der Waals surface area contributed by atoms with Gasteiger partial charge in [-0.15, -0.1) is 0 Å². The first-order chi connectivity index (χ1) is 9.65. The van der Waals surface area contributed by atoms with Gasteiger partial charge in [0, 0.05) is 17.8 Å². The van der Waals surface area contributed by atoms with Crippen LogP contribution in [0.25, 0.3) is 0 Å². The van der Waals surface area contributed by atoms with Gasteiger partial charge in [0.25, 0.3) is 5.69 Å². The molecule has 0 aliphatic carbocycles. The van der Waals surface area contributed by atoms with Gasteiger partial charge in [0.05, 0.1) is 17.4 Å². The first-order valence-electron chi connectivity index (χ1n) is 5.53. The molecule has 0 saturated carbocycles. The van der Waals surface area contributed by atoms with E-state index in [-0.39, 0.29) is 10.8 Å². The molecule has 1 heterocycles. The molecular formula is C12H10N4O3S. The minimum atomic E-state index is -0.464. The fourth-order valence-corrected chi connectivity index (χ4v) is 1.52. The van der Waals surface area contributed by atoms with Crippen molar-refractivity contribution in [3.8, 4) is 0 Å². The van der Waals surface area contributed by atoms with Gasteiger partial charge in [0.1, 0.15) is 5.76 Å². The number of anilines is 1. The smallest absolute Gasteiger partial charge is 0.269 e. The summed E-state index contributed by atoms with van der Waals surface area (Å²) in [6, 6.07) is 9.38. The van der Waals surface area contributed by atoms with Gasteiger partial charge in [-0.25, -0.2) is 0 Å². The van der Waals surface area contributed by atoms with E-state index in [2.05, 4.69) is 15.8 Å². The molecule has 0 aliphatic rings. The van der Waals surface area contributed by atoms with E-state index in [9.17, 15) is 10.1 Å². The second kappa shape index (κ2) is 6.43. The highest BCUT2D eigenvalue weighted by molar-refractivity contribution is 7.80. The highest BCUT2D eigenvalue weighted by Gasteiger charge is 2.04. The minimum absolute atomic E-state index is 0.0188. The predicted molar refractivity (Wildman–Crippen MR) is 78.8 cm³/mol. The zero-order chi connectivity index (χ0) is 14.4. The zero-order valence-electron chi connectivity index (χ0n) is 10.1. The molecule has 0 saturated heterocycles. The number of hydrogen-bond donors (Lipinski definition) is 2. The van der Waals surface area contributed by atoms with Crippen LogP contribution in [0.1, 0.15) is 5.76 Å². The molecule has 0 spiro atoms. The van der Waals surface area contributed by atoms with Crippen molar-refractivity contribution in [1.82, 2.24) is 5.43 Å². The lowest BCUT2D eigenvalue weighted by atomic mass is 10.3. The Morgan fingerprint density at radius 2 is 2.10 bits per heavy atom. The lowest BCUT2D eigenvalue weighted by Gasteiger charge is -2.06. The lowest BCUT2D eigenvalue weighted by Crippen LogP contribution is -2.23. The van der Waals surface area contributed by atoms with E-state index >= 15 is 0 Å². The molecule has 0 radical (unpaired) electrons. The molecule has 0 bridgehead atoms. The maximum atomic E-state index is 10.5. The molecular weight excluding hydrogens is 280 g/mol. The Balaban J connectivity index is 1.86. The maximum Gasteiger partial charge on any atom is 0.269 e. The summed E-state index contributed by atoms with van der Waals surface area (Å²) in [5.74, 6) is 0.593. The Bertz CT molecular complexity index is 623. The molecule has 0 amide bonds. The molecule has 1 aromatic carbocycles. The molecule has 0 aliphatic heterocycles. The number of hydrogen-bond acceptors (Lipinski definition) is 5. The Morgan fingerprint density at radius 1 is 1.35 bits per heavy atom. The van der Waals surface area contributed by atoms with Gasteiger partial charge in [-0.05, 0) is 36.5 Å². The molecule has 2 rings (SSSR count). The standard InChI is InChI=1S/C12H10N4O3S/c17-16(18)10-5-3-9(4-6-10)14-12(20)15-13-8-11-2-1-7-19-11/h1-8H,(H2,14,15,20)/b13-8+. The number of thiocarbonyl (C=S) groups is 1. The summed E-state index contributed by atoms with van der Waals surface area (Å²) in [6.07, 6.45) is 3.01. The third kappa shape index (κ3) is 3.89. The summed E-state index contributed by atoms with van der Waals surface area (Å²) >= 11 is 5.01. The molecule has 0 atom stereocenters. The van der Waals surface area contributed by atoms with Crippen molar-refractivity contribution in [3.05, 3.63) is 58.5 Å². The Labute approximate surface area is 119 Å². The molecule has 2 aromatic rings. The van der Waals surface area contributed by atoms with Crippen molar-refractivity contribution in [1.29, 1.82) is 0 Å². The highest BCUT2D eigenvalue weighted by atomic mass is 32.1. The Morgan fingerprint density at radius 3 is 2.70 bits per heavy atom. The van der Waals surface area contributed by atoms with Crippen LogP contribution in [0.15, 0.2) is 52.2 Å². The van der Waals surface area contributed by atoms with Crippen molar-refractivity contribution >= 4 is 34.9 Å². The number of nitro groups is 1. The first-order valence-corrected chi connectivity index (χ1v) is 5.94. The van der Waals surface area contributed by atoms with Gasteiger partial charge in [0.15, 0.2) is 5.11 Å². The van der Waals surface area contributed by atoms with Crippen LogP contribution in [0.3, 0.4) is 0 Å². The molecule has 2 N–H and O–H groups in total. The van der Waals surface area contributed by atoms with Gasteiger partial charge < -0.3 is 9.73 Å². The van der Waals surface area contributed by atoms with Crippen LogP contribution >= 0.6 is 12.2 Å². The normalized spacial score (nSPS) is 10.4. The zero-order valence-corrected chi connectivity index (χ0v) is 11.0. The quantitative estimate of drug-likeness (QED) is 0.389. The van der Waals surface area contributed by atoms with Crippen LogP contribution in [-0.2, 0) is 0 Å². The van der Waals surface area contributed by atoms with Gasteiger partial charge in [-0.3, -0.25) is 15.5 Å². The molecule has 0 fully saturated rings. The number of nitrogens with zero attached hydrogens (tertiary/aromatic N) is 2. The number of benzene rings is 1. The van der Waals surface area contributed by atoms with E-state index in [1.54, 1.807) is 24.3 Å². The number of nitrogens with one attached hydrogen (secondary N) is 2. The molecule has 7 nitrogen and oxygen atoms in total. The number of non-ortho nitro benzene ring substituents is 1. The van der Waals surface area contributed by atoms with Crippen molar-refractivity contribution in [3.63, 3.8) is 0 Å². The highest BCUT2D eigenvalue weighted by Crippen LogP contribution is 2.15. The lowest BCUT2D eigenvalue weighted by molar-refractivity contribution is -0.384. The fraction of sp³-hybridized carbons (Fsp3) is 0. The SMILES string of the molecule is O=[N+]([O-])c1ccc(NC(=S)N/N=C/c2ccco2)cc1. The van der Waals surface area contributed by atoms with Crippen molar-refractivity contribution in [2.24, 2.45) is 5.10 Å². The topological polar surface area (TPSA) is 92.7 Å². The van der Waals surface area contributed by atoms with Crippen LogP contribution in [-0.4, -0.2) is 16.3 Å². The molecule has 1 aromatic heterocycles. The number of rotatable bonds is 4. The predicted octanol–water partition coefficient (Wildman–Crippen LogP) is 2.51. The van der Waals surface area contributed by atoms with E-state index in [0.29, 0.717) is 11.4 Å². The van der Waals surface area contributed by atoms with Crippen LogP contribution in [0.4, 0.5) is 11.4 Å². The van der Waals surface area contributed by atoms with E-state index < -0.39 is 4.92 Å².